The van der Waals surface area contributed by atoms with E-state index in [9.17, 15) is 0 Å². The third-order valence-corrected chi connectivity index (χ3v) is 3.24. The lowest BCUT2D eigenvalue weighted by Gasteiger charge is -2.16. The van der Waals surface area contributed by atoms with Gasteiger partial charge in [0.2, 0.25) is 0 Å². The Balaban J connectivity index is 2.62. The van der Waals surface area contributed by atoms with E-state index < -0.39 is 0 Å². The zero-order valence-corrected chi connectivity index (χ0v) is 13.0. The molecule has 1 aromatic rings. The molecule has 0 aliphatic rings. The van der Waals surface area contributed by atoms with Crippen molar-refractivity contribution < 1.29 is 0 Å². The second-order valence-electron chi connectivity index (χ2n) is 5.35. The molecule has 5 heteroatoms. The quantitative estimate of drug-likeness (QED) is 0.494. The Morgan fingerprint density at radius 1 is 1.47 bits per heavy atom. The molecule has 0 radical (unpaired) electrons. The van der Waals surface area contributed by atoms with Gasteiger partial charge >= 0.3 is 0 Å². The Kier molecular flexibility index (Phi) is 6.15. The summed E-state index contributed by atoms with van der Waals surface area (Å²) in [5.74, 6) is 0.503. The van der Waals surface area contributed by atoms with E-state index in [1.807, 2.05) is 12.3 Å². The average Bonchev–Trinajstić information content (AvgIpc) is 2.32. The minimum absolute atomic E-state index is 0.163. The number of nitrogens with two attached hydrogens (primary N) is 1. The summed E-state index contributed by atoms with van der Waals surface area (Å²) in [4.78, 5) is 8.68. The second-order valence-corrected chi connectivity index (χ2v) is 7.19. The van der Waals surface area contributed by atoms with Crippen molar-refractivity contribution in [1.29, 1.82) is 0 Å². The molecule has 0 spiro atoms. The van der Waals surface area contributed by atoms with Crippen LogP contribution in [0.25, 0.3) is 0 Å². The maximum atomic E-state index is 5.77. The van der Waals surface area contributed by atoms with Gasteiger partial charge < -0.3 is 11.1 Å². The number of guanidine groups is 1. The van der Waals surface area contributed by atoms with Crippen molar-refractivity contribution in [3.8, 4) is 0 Å². The highest BCUT2D eigenvalue weighted by Gasteiger charge is 2.13. The van der Waals surface area contributed by atoms with Crippen LogP contribution >= 0.6 is 11.8 Å². The number of nitrogens with zero attached hydrogens (tertiary/aromatic N) is 2. The summed E-state index contributed by atoms with van der Waals surface area (Å²) < 4.78 is 0.163. The van der Waals surface area contributed by atoms with Crippen LogP contribution in [-0.2, 0) is 6.54 Å². The first-order valence-corrected chi connectivity index (χ1v) is 7.40. The number of nitrogens with one attached hydrogen (secondary N) is 1. The van der Waals surface area contributed by atoms with Crippen molar-refractivity contribution >= 4 is 17.7 Å². The third-order valence-electron chi connectivity index (χ3n) is 2.20. The molecule has 4 nitrogen and oxygen atoms in total. The number of hydrogen-bond donors (Lipinski definition) is 2. The fourth-order valence-electron chi connectivity index (χ4n) is 1.40. The van der Waals surface area contributed by atoms with Crippen molar-refractivity contribution in [2.24, 2.45) is 10.7 Å². The molecular weight excluding hydrogens is 256 g/mol. The Hall–Kier alpha value is -1.23. The Morgan fingerprint density at radius 2 is 2.21 bits per heavy atom. The monoisotopic (exact) mass is 280 g/mol. The van der Waals surface area contributed by atoms with Crippen LogP contribution in [0.2, 0.25) is 0 Å². The lowest BCUT2D eigenvalue weighted by Crippen LogP contribution is -2.32. The van der Waals surface area contributed by atoms with E-state index >= 15 is 0 Å². The molecule has 0 bridgehead atoms. The highest BCUT2D eigenvalue weighted by atomic mass is 32.2. The van der Waals surface area contributed by atoms with Gasteiger partial charge in [0, 0.05) is 17.5 Å². The normalized spacial score (nSPS) is 12.5. The molecule has 0 atom stereocenters. The highest BCUT2D eigenvalue weighted by Crippen LogP contribution is 2.30. The first-order valence-electron chi connectivity index (χ1n) is 6.58. The summed E-state index contributed by atoms with van der Waals surface area (Å²) >= 11 is 1.76. The van der Waals surface area contributed by atoms with Crippen molar-refractivity contribution in [1.82, 2.24) is 10.3 Å². The summed E-state index contributed by atoms with van der Waals surface area (Å²) in [6.45, 7) is 10.1. The van der Waals surface area contributed by atoms with Crippen molar-refractivity contribution in [2.45, 2.75) is 50.4 Å². The predicted octanol–water partition coefficient (Wildman–Crippen LogP) is 2.79. The van der Waals surface area contributed by atoms with Gasteiger partial charge in [-0.2, -0.15) is 0 Å². The minimum Gasteiger partial charge on any atom is -0.370 e. The zero-order valence-electron chi connectivity index (χ0n) is 12.2. The van der Waals surface area contributed by atoms with Crippen LogP contribution in [0.15, 0.2) is 28.3 Å². The predicted molar refractivity (Wildman–Crippen MR) is 83.5 cm³/mol. The molecule has 0 saturated carbocycles. The Bertz CT molecular complexity index is 424. The molecule has 3 N–H and O–H groups in total. The third kappa shape index (κ3) is 7.06. The SMILES string of the molecule is CCCNC(N)=NCc1ccnc(SC(C)(C)C)c1. The topological polar surface area (TPSA) is 63.3 Å². The van der Waals surface area contributed by atoms with E-state index in [0.29, 0.717) is 12.5 Å². The lowest BCUT2D eigenvalue weighted by molar-refractivity contribution is 0.798. The molecule has 1 rings (SSSR count). The molecule has 0 amide bonds. The van der Waals surface area contributed by atoms with Gasteiger partial charge in [-0.25, -0.2) is 9.98 Å². The molecule has 0 unspecified atom stereocenters. The van der Waals surface area contributed by atoms with E-state index in [0.717, 1.165) is 23.6 Å². The van der Waals surface area contributed by atoms with Crippen LogP contribution in [0, 0.1) is 0 Å². The van der Waals surface area contributed by atoms with Crippen LogP contribution in [0.1, 0.15) is 39.7 Å². The van der Waals surface area contributed by atoms with Gasteiger partial charge in [0.1, 0.15) is 0 Å². The Morgan fingerprint density at radius 3 is 2.84 bits per heavy atom. The molecule has 0 fully saturated rings. The number of thioether (sulfide) groups is 1. The van der Waals surface area contributed by atoms with Crippen LogP contribution in [0.5, 0.6) is 0 Å². The van der Waals surface area contributed by atoms with E-state index in [-0.39, 0.29) is 4.75 Å². The molecule has 0 aromatic carbocycles. The maximum absolute atomic E-state index is 5.77. The minimum atomic E-state index is 0.163. The summed E-state index contributed by atoms with van der Waals surface area (Å²) in [7, 11) is 0. The average molecular weight is 280 g/mol. The molecule has 19 heavy (non-hydrogen) atoms. The van der Waals surface area contributed by atoms with Crippen LogP contribution in [-0.4, -0.2) is 22.2 Å². The smallest absolute Gasteiger partial charge is 0.188 e. The summed E-state index contributed by atoms with van der Waals surface area (Å²) in [5, 5.41) is 4.09. The van der Waals surface area contributed by atoms with E-state index in [1.165, 1.54) is 0 Å². The Labute approximate surface area is 120 Å². The van der Waals surface area contributed by atoms with Crippen molar-refractivity contribution in [3.05, 3.63) is 23.9 Å². The number of aromatic nitrogens is 1. The van der Waals surface area contributed by atoms with Crippen LogP contribution in [0.4, 0.5) is 0 Å². The molecule has 1 aromatic heterocycles. The number of rotatable bonds is 5. The van der Waals surface area contributed by atoms with Crippen molar-refractivity contribution in [2.75, 3.05) is 6.54 Å². The van der Waals surface area contributed by atoms with Crippen LogP contribution in [0.3, 0.4) is 0 Å². The van der Waals surface area contributed by atoms with Gasteiger partial charge in [0.15, 0.2) is 5.96 Å². The first-order chi connectivity index (χ1) is 8.90. The van der Waals surface area contributed by atoms with Gasteiger partial charge in [-0.1, -0.05) is 27.7 Å². The summed E-state index contributed by atoms with van der Waals surface area (Å²) in [6.07, 6.45) is 2.87. The second kappa shape index (κ2) is 7.38. The molecule has 1 heterocycles. The molecule has 0 aliphatic carbocycles. The van der Waals surface area contributed by atoms with Crippen molar-refractivity contribution in [3.63, 3.8) is 0 Å². The maximum Gasteiger partial charge on any atom is 0.188 e. The number of aliphatic imine (C=N–C) groups is 1. The number of pyridine rings is 1. The summed E-state index contributed by atoms with van der Waals surface area (Å²) in [6, 6.07) is 4.05. The first kappa shape index (κ1) is 15.8. The lowest BCUT2D eigenvalue weighted by atomic mass is 10.3. The van der Waals surface area contributed by atoms with Gasteiger partial charge in [-0.3, -0.25) is 0 Å². The van der Waals surface area contributed by atoms with Gasteiger partial charge in [0.05, 0.1) is 11.6 Å². The zero-order chi connectivity index (χ0) is 14.3. The number of hydrogen-bond acceptors (Lipinski definition) is 3. The van der Waals surface area contributed by atoms with E-state index in [1.54, 1.807) is 11.8 Å². The van der Waals surface area contributed by atoms with E-state index in [2.05, 4.69) is 49.1 Å². The van der Waals surface area contributed by atoms with Gasteiger partial charge in [-0.05, 0) is 24.1 Å². The molecule has 0 saturated heterocycles. The fourth-order valence-corrected chi connectivity index (χ4v) is 2.36. The van der Waals surface area contributed by atoms with Gasteiger partial charge in [-0.15, -0.1) is 11.8 Å². The molecular formula is C14H24N4S. The standard InChI is InChI=1S/C14H24N4S/c1-5-7-17-13(15)18-10-11-6-8-16-12(9-11)19-14(2,3)4/h6,8-9H,5,7,10H2,1-4H3,(H3,15,17,18). The molecule has 106 valence electrons. The van der Waals surface area contributed by atoms with E-state index in [4.69, 9.17) is 5.73 Å². The fraction of sp³-hybridized carbons (Fsp3) is 0.571. The summed E-state index contributed by atoms with van der Waals surface area (Å²) in [5.41, 5.74) is 6.89. The van der Waals surface area contributed by atoms with Gasteiger partial charge in [0.25, 0.3) is 0 Å². The largest absolute Gasteiger partial charge is 0.370 e. The molecule has 0 aliphatic heterocycles. The highest BCUT2D eigenvalue weighted by molar-refractivity contribution is 8.00. The van der Waals surface area contributed by atoms with Crippen LogP contribution < -0.4 is 11.1 Å².